The van der Waals surface area contributed by atoms with Crippen LogP contribution in [0.5, 0.6) is 5.75 Å². The van der Waals surface area contributed by atoms with Gasteiger partial charge >= 0.3 is 12.1 Å². The minimum Gasteiger partial charge on any atom is -0.494 e. The van der Waals surface area contributed by atoms with Crippen LogP contribution in [0.3, 0.4) is 0 Å². The summed E-state index contributed by atoms with van der Waals surface area (Å²) in [6.07, 6.45) is -0.475. The molecule has 2 atom stereocenters. The maximum Gasteiger partial charge on any atom is 0.410 e. The van der Waals surface area contributed by atoms with Crippen LogP contribution in [0.4, 0.5) is 4.79 Å². The van der Waals surface area contributed by atoms with E-state index >= 15 is 0 Å². The number of amides is 1. The van der Waals surface area contributed by atoms with E-state index in [0.29, 0.717) is 18.9 Å². The number of carboxylic acids is 1. The third-order valence-corrected chi connectivity index (χ3v) is 3.89. The summed E-state index contributed by atoms with van der Waals surface area (Å²) in [4.78, 5) is 25.4. The van der Waals surface area contributed by atoms with E-state index in [9.17, 15) is 14.7 Å². The zero-order valence-corrected chi connectivity index (χ0v) is 14.6. The van der Waals surface area contributed by atoms with Gasteiger partial charge in [-0.3, -0.25) is 4.79 Å². The lowest BCUT2D eigenvalue weighted by atomic mass is 9.89. The fourth-order valence-electron chi connectivity index (χ4n) is 2.87. The summed E-state index contributed by atoms with van der Waals surface area (Å²) in [6.45, 7) is 8.28. The number of hydrogen-bond donors (Lipinski definition) is 1. The summed E-state index contributed by atoms with van der Waals surface area (Å²) >= 11 is 0. The van der Waals surface area contributed by atoms with Crippen LogP contribution in [0.25, 0.3) is 0 Å². The van der Waals surface area contributed by atoms with Crippen molar-refractivity contribution in [3.8, 4) is 5.75 Å². The standard InChI is InChI=1S/C18H25NO5/c1-5-23-13-8-6-7-12(9-13)14-10-19(11-15(14)16(20)21)17(22)24-18(2,3)4/h6-9,14-15H,5,10-11H2,1-4H3,(H,20,21)/t14-,15+/m1/s1. The van der Waals surface area contributed by atoms with Crippen LogP contribution < -0.4 is 4.74 Å². The van der Waals surface area contributed by atoms with Crippen molar-refractivity contribution in [2.24, 2.45) is 5.92 Å². The van der Waals surface area contributed by atoms with Gasteiger partial charge in [0.15, 0.2) is 0 Å². The number of ether oxygens (including phenoxy) is 2. The van der Waals surface area contributed by atoms with Gasteiger partial charge in [-0.25, -0.2) is 4.79 Å². The fraction of sp³-hybridized carbons (Fsp3) is 0.556. The Morgan fingerprint density at radius 2 is 2.00 bits per heavy atom. The van der Waals surface area contributed by atoms with E-state index in [0.717, 1.165) is 5.56 Å². The Balaban J connectivity index is 2.20. The number of benzene rings is 1. The molecule has 1 fully saturated rings. The molecule has 0 aromatic heterocycles. The SMILES string of the molecule is CCOc1cccc([C@H]2CN(C(=O)OC(C)(C)C)C[C@@H]2C(=O)O)c1. The number of likely N-dealkylation sites (tertiary alicyclic amines) is 1. The molecule has 6 nitrogen and oxygen atoms in total. The predicted octanol–water partition coefficient (Wildman–Crippen LogP) is 3.12. The van der Waals surface area contributed by atoms with E-state index in [-0.39, 0.29) is 12.5 Å². The Kier molecular flexibility index (Phi) is 5.36. The Labute approximate surface area is 142 Å². The molecule has 0 bridgehead atoms. The molecule has 0 unspecified atom stereocenters. The number of carbonyl (C=O) groups is 2. The van der Waals surface area contributed by atoms with Crippen molar-refractivity contribution >= 4 is 12.1 Å². The molecule has 0 spiro atoms. The molecule has 0 saturated carbocycles. The lowest BCUT2D eigenvalue weighted by Gasteiger charge is -2.24. The molecular formula is C18H25NO5. The van der Waals surface area contributed by atoms with Crippen molar-refractivity contribution in [3.05, 3.63) is 29.8 Å². The Morgan fingerprint density at radius 3 is 2.58 bits per heavy atom. The lowest BCUT2D eigenvalue weighted by Crippen LogP contribution is -2.35. The van der Waals surface area contributed by atoms with E-state index in [1.54, 1.807) is 20.8 Å². The van der Waals surface area contributed by atoms with Crippen molar-refractivity contribution in [1.29, 1.82) is 0 Å². The minimum absolute atomic E-state index is 0.147. The van der Waals surface area contributed by atoms with E-state index < -0.39 is 23.6 Å². The van der Waals surface area contributed by atoms with Gasteiger partial charge in [-0.1, -0.05) is 12.1 Å². The number of hydrogen-bond acceptors (Lipinski definition) is 4. The van der Waals surface area contributed by atoms with E-state index in [4.69, 9.17) is 9.47 Å². The van der Waals surface area contributed by atoms with Crippen molar-refractivity contribution in [2.75, 3.05) is 19.7 Å². The van der Waals surface area contributed by atoms with Gasteiger partial charge in [0.25, 0.3) is 0 Å². The Bertz CT molecular complexity index is 608. The number of nitrogens with zero attached hydrogens (tertiary/aromatic N) is 1. The van der Waals surface area contributed by atoms with Gasteiger partial charge in [0.05, 0.1) is 12.5 Å². The molecule has 24 heavy (non-hydrogen) atoms. The van der Waals surface area contributed by atoms with Crippen LogP contribution in [0.2, 0.25) is 0 Å². The number of carbonyl (C=O) groups excluding carboxylic acids is 1. The highest BCUT2D eigenvalue weighted by molar-refractivity contribution is 5.76. The highest BCUT2D eigenvalue weighted by atomic mass is 16.6. The first-order valence-corrected chi connectivity index (χ1v) is 8.14. The van der Waals surface area contributed by atoms with Crippen LogP contribution in [0, 0.1) is 5.92 Å². The number of aliphatic carboxylic acids is 1. The summed E-state index contributed by atoms with van der Waals surface area (Å²) < 4.78 is 10.9. The molecule has 1 N–H and O–H groups in total. The van der Waals surface area contributed by atoms with Crippen LogP contribution >= 0.6 is 0 Å². The van der Waals surface area contributed by atoms with Gasteiger partial charge < -0.3 is 19.5 Å². The first kappa shape index (κ1) is 18.1. The molecule has 132 valence electrons. The second kappa shape index (κ2) is 7.11. The highest BCUT2D eigenvalue weighted by Gasteiger charge is 2.41. The summed E-state index contributed by atoms with van der Waals surface area (Å²) in [7, 11) is 0. The molecule has 6 heteroatoms. The van der Waals surface area contributed by atoms with Crippen LogP contribution in [0.15, 0.2) is 24.3 Å². The summed E-state index contributed by atoms with van der Waals surface area (Å²) in [5, 5.41) is 9.54. The van der Waals surface area contributed by atoms with Gasteiger partial charge in [0.2, 0.25) is 0 Å². The summed E-state index contributed by atoms with van der Waals surface area (Å²) in [6, 6.07) is 7.41. The fourth-order valence-corrected chi connectivity index (χ4v) is 2.87. The number of rotatable bonds is 4. The number of carboxylic acid groups (broad SMARTS) is 1. The van der Waals surface area contributed by atoms with Crippen LogP contribution in [-0.4, -0.2) is 47.4 Å². The van der Waals surface area contributed by atoms with Crippen molar-refractivity contribution < 1.29 is 24.2 Å². The molecule has 1 heterocycles. The first-order valence-electron chi connectivity index (χ1n) is 8.14. The van der Waals surface area contributed by atoms with Crippen molar-refractivity contribution in [1.82, 2.24) is 4.90 Å². The molecule has 1 aliphatic rings. The summed E-state index contributed by atoms with van der Waals surface area (Å²) in [5.41, 5.74) is 0.252. The molecule has 1 aromatic rings. The Morgan fingerprint density at radius 1 is 1.29 bits per heavy atom. The average Bonchev–Trinajstić information content (AvgIpc) is 2.91. The van der Waals surface area contributed by atoms with E-state index in [1.807, 2.05) is 31.2 Å². The maximum atomic E-state index is 12.3. The van der Waals surface area contributed by atoms with Gasteiger partial charge in [-0.15, -0.1) is 0 Å². The molecule has 0 aliphatic carbocycles. The van der Waals surface area contributed by atoms with Crippen molar-refractivity contribution in [2.45, 2.75) is 39.2 Å². The normalized spacial score (nSPS) is 20.8. The predicted molar refractivity (Wildman–Crippen MR) is 89.3 cm³/mol. The topological polar surface area (TPSA) is 76.1 Å². The average molecular weight is 335 g/mol. The Hall–Kier alpha value is -2.24. The van der Waals surface area contributed by atoms with Crippen LogP contribution in [-0.2, 0) is 9.53 Å². The molecule has 2 rings (SSSR count). The van der Waals surface area contributed by atoms with Gasteiger partial charge in [-0.2, -0.15) is 0 Å². The zero-order chi connectivity index (χ0) is 17.9. The molecule has 1 amide bonds. The van der Waals surface area contributed by atoms with E-state index in [2.05, 4.69) is 0 Å². The molecule has 1 aliphatic heterocycles. The maximum absolute atomic E-state index is 12.3. The monoisotopic (exact) mass is 335 g/mol. The smallest absolute Gasteiger partial charge is 0.410 e. The second-order valence-corrected chi connectivity index (χ2v) is 6.94. The molecule has 0 radical (unpaired) electrons. The summed E-state index contributed by atoms with van der Waals surface area (Å²) in [5.74, 6) is -1.15. The first-order chi connectivity index (χ1) is 11.2. The molecular weight excluding hydrogens is 310 g/mol. The van der Waals surface area contributed by atoms with Gasteiger partial charge in [0.1, 0.15) is 11.4 Å². The van der Waals surface area contributed by atoms with Gasteiger partial charge in [-0.05, 0) is 45.4 Å². The highest BCUT2D eigenvalue weighted by Crippen LogP contribution is 2.35. The second-order valence-electron chi connectivity index (χ2n) is 6.94. The van der Waals surface area contributed by atoms with Crippen LogP contribution in [0.1, 0.15) is 39.2 Å². The molecule has 1 saturated heterocycles. The third-order valence-electron chi connectivity index (χ3n) is 3.89. The third kappa shape index (κ3) is 4.40. The molecule has 1 aromatic carbocycles. The van der Waals surface area contributed by atoms with E-state index in [1.165, 1.54) is 4.90 Å². The largest absolute Gasteiger partial charge is 0.494 e. The zero-order valence-electron chi connectivity index (χ0n) is 14.6. The minimum atomic E-state index is -0.909. The van der Waals surface area contributed by atoms with Gasteiger partial charge in [0, 0.05) is 19.0 Å². The quantitative estimate of drug-likeness (QED) is 0.915. The lowest BCUT2D eigenvalue weighted by molar-refractivity contribution is -0.141. The van der Waals surface area contributed by atoms with Crippen molar-refractivity contribution in [3.63, 3.8) is 0 Å².